The summed E-state index contributed by atoms with van der Waals surface area (Å²) in [5.41, 5.74) is 1.03. The van der Waals surface area contributed by atoms with E-state index in [-0.39, 0.29) is 13.2 Å². The third-order valence-corrected chi connectivity index (χ3v) is 2.44. The van der Waals surface area contributed by atoms with Crippen molar-refractivity contribution < 1.29 is 24.1 Å². The van der Waals surface area contributed by atoms with E-state index in [0.717, 1.165) is 5.56 Å². The van der Waals surface area contributed by atoms with E-state index in [9.17, 15) is 9.90 Å². The zero-order valence-corrected chi connectivity index (χ0v) is 9.24. The Bertz CT molecular complexity index is 364. The zero-order valence-electron chi connectivity index (χ0n) is 9.24. The Morgan fingerprint density at radius 2 is 2.18 bits per heavy atom. The molecule has 2 atom stereocenters. The van der Waals surface area contributed by atoms with Gasteiger partial charge >= 0.3 is 6.16 Å². The third kappa shape index (κ3) is 3.44. The van der Waals surface area contributed by atoms with E-state index in [2.05, 4.69) is 4.74 Å². The average molecular weight is 238 g/mol. The summed E-state index contributed by atoms with van der Waals surface area (Å²) in [6.45, 7) is 0.602. The van der Waals surface area contributed by atoms with E-state index in [0.29, 0.717) is 6.61 Å². The topological polar surface area (TPSA) is 65.0 Å². The van der Waals surface area contributed by atoms with Gasteiger partial charge in [0.05, 0.1) is 13.2 Å². The zero-order chi connectivity index (χ0) is 12.1. The summed E-state index contributed by atoms with van der Waals surface area (Å²) in [5.74, 6) is 0. The van der Waals surface area contributed by atoms with Crippen LogP contribution in [0.3, 0.4) is 0 Å². The molecule has 1 aliphatic heterocycles. The van der Waals surface area contributed by atoms with Crippen molar-refractivity contribution in [1.82, 2.24) is 0 Å². The summed E-state index contributed by atoms with van der Waals surface area (Å²) in [6.07, 6.45) is -2.22. The molecule has 1 N–H and O–H groups in total. The van der Waals surface area contributed by atoms with Crippen molar-refractivity contribution in [2.24, 2.45) is 0 Å². The Morgan fingerprint density at radius 3 is 2.82 bits per heavy atom. The molecular weight excluding hydrogens is 224 g/mol. The summed E-state index contributed by atoms with van der Waals surface area (Å²) >= 11 is 0. The van der Waals surface area contributed by atoms with Gasteiger partial charge in [0.25, 0.3) is 0 Å². The Labute approximate surface area is 98.9 Å². The average Bonchev–Trinajstić information content (AvgIpc) is 2.77. The van der Waals surface area contributed by atoms with Gasteiger partial charge in [-0.15, -0.1) is 0 Å². The number of aliphatic hydroxyl groups is 1. The van der Waals surface area contributed by atoms with Crippen LogP contribution in [0.5, 0.6) is 0 Å². The summed E-state index contributed by atoms with van der Waals surface area (Å²) < 4.78 is 14.6. The van der Waals surface area contributed by atoms with Gasteiger partial charge in [0.2, 0.25) is 0 Å². The second-order valence-corrected chi connectivity index (χ2v) is 3.79. The minimum absolute atomic E-state index is 0.0781. The molecule has 1 heterocycles. The number of benzene rings is 1. The molecule has 5 heteroatoms. The fourth-order valence-corrected chi connectivity index (χ4v) is 1.51. The molecular formula is C12H14O5. The smallest absolute Gasteiger partial charge is 0.430 e. The lowest BCUT2D eigenvalue weighted by molar-refractivity contribution is -0.0316. The first-order valence-corrected chi connectivity index (χ1v) is 5.39. The highest BCUT2D eigenvalue weighted by Gasteiger charge is 2.31. The van der Waals surface area contributed by atoms with Gasteiger partial charge in [-0.2, -0.15) is 0 Å². The Kier molecular flexibility index (Phi) is 3.95. The van der Waals surface area contributed by atoms with Crippen LogP contribution in [-0.2, 0) is 20.8 Å². The number of hydrogen-bond acceptors (Lipinski definition) is 5. The first-order valence-electron chi connectivity index (χ1n) is 5.39. The predicted molar refractivity (Wildman–Crippen MR) is 58.3 cm³/mol. The van der Waals surface area contributed by atoms with E-state index in [1.165, 1.54) is 0 Å². The molecule has 0 spiro atoms. The van der Waals surface area contributed by atoms with Gasteiger partial charge in [0.1, 0.15) is 12.7 Å². The number of carbonyl (C=O) groups excluding carboxylic acids is 1. The molecule has 1 saturated heterocycles. The molecule has 2 unspecified atom stereocenters. The predicted octanol–water partition coefficient (Wildman–Crippen LogP) is 1.10. The van der Waals surface area contributed by atoms with Crippen LogP contribution in [0.25, 0.3) is 0 Å². The maximum Gasteiger partial charge on any atom is 0.508 e. The SMILES string of the molecule is O=C1OCC(C(O)COCc2ccccc2)O1. The molecule has 1 aromatic rings. The van der Waals surface area contributed by atoms with Crippen molar-refractivity contribution >= 4 is 6.16 Å². The highest BCUT2D eigenvalue weighted by Crippen LogP contribution is 2.11. The van der Waals surface area contributed by atoms with Crippen molar-refractivity contribution in [3.63, 3.8) is 0 Å². The van der Waals surface area contributed by atoms with Crippen molar-refractivity contribution in [3.8, 4) is 0 Å². The maximum atomic E-state index is 10.7. The number of ether oxygens (including phenoxy) is 3. The van der Waals surface area contributed by atoms with Crippen molar-refractivity contribution in [1.29, 1.82) is 0 Å². The number of aliphatic hydroxyl groups excluding tert-OH is 1. The molecule has 1 aliphatic rings. The van der Waals surface area contributed by atoms with E-state index >= 15 is 0 Å². The third-order valence-electron chi connectivity index (χ3n) is 2.44. The molecule has 2 rings (SSSR count). The van der Waals surface area contributed by atoms with Gasteiger partial charge in [0, 0.05) is 0 Å². The van der Waals surface area contributed by atoms with E-state index < -0.39 is 18.4 Å². The standard InChI is InChI=1S/C12H14O5/c13-10(11-8-16-12(14)17-11)7-15-6-9-4-2-1-3-5-9/h1-5,10-11,13H,6-8H2. The van der Waals surface area contributed by atoms with Crippen LogP contribution in [0.1, 0.15) is 5.56 Å². The van der Waals surface area contributed by atoms with Gasteiger partial charge in [-0.3, -0.25) is 0 Å². The largest absolute Gasteiger partial charge is 0.508 e. The molecule has 0 aliphatic carbocycles. The fourth-order valence-electron chi connectivity index (χ4n) is 1.51. The summed E-state index contributed by atoms with van der Waals surface area (Å²) in [6, 6.07) is 9.63. The lowest BCUT2D eigenvalue weighted by Gasteiger charge is -2.14. The van der Waals surface area contributed by atoms with Gasteiger partial charge in [-0.25, -0.2) is 4.79 Å². The summed E-state index contributed by atoms with van der Waals surface area (Å²) in [7, 11) is 0. The van der Waals surface area contributed by atoms with E-state index in [4.69, 9.17) is 9.47 Å². The molecule has 0 bridgehead atoms. The Hall–Kier alpha value is -1.59. The highest BCUT2D eigenvalue weighted by atomic mass is 16.8. The minimum atomic E-state index is -0.856. The molecule has 0 saturated carbocycles. The summed E-state index contributed by atoms with van der Waals surface area (Å²) in [5, 5.41) is 9.66. The van der Waals surface area contributed by atoms with Crippen LogP contribution in [0.2, 0.25) is 0 Å². The van der Waals surface area contributed by atoms with Crippen LogP contribution in [0, 0.1) is 0 Å². The molecule has 5 nitrogen and oxygen atoms in total. The molecule has 92 valence electrons. The van der Waals surface area contributed by atoms with E-state index in [1.807, 2.05) is 30.3 Å². The molecule has 17 heavy (non-hydrogen) atoms. The summed E-state index contributed by atoms with van der Waals surface area (Å²) in [4.78, 5) is 10.7. The second kappa shape index (κ2) is 5.65. The molecule has 0 radical (unpaired) electrons. The Balaban J connectivity index is 1.70. The number of rotatable bonds is 5. The van der Waals surface area contributed by atoms with Crippen molar-refractivity contribution in [2.75, 3.05) is 13.2 Å². The lowest BCUT2D eigenvalue weighted by Crippen LogP contribution is -2.32. The molecule has 0 amide bonds. The van der Waals surface area contributed by atoms with Crippen LogP contribution in [-0.4, -0.2) is 36.7 Å². The van der Waals surface area contributed by atoms with Gasteiger partial charge in [-0.1, -0.05) is 30.3 Å². The quantitative estimate of drug-likeness (QED) is 0.778. The normalized spacial score (nSPS) is 20.8. The second-order valence-electron chi connectivity index (χ2n) is 3.79. The van der Waals surface area contributed by atoms with Crippen LogP contribution >= 0.6 is 0 Å². The van der Waals surface area contributed by atoms with Crippen molar-refractivity contribution in [3.05, 3.63) is 35.9 Å². The number of hydrogen-bond donors (Lipinski definition) is 1. The maximum absolute atomic E-state index is 10.7. The number of carbonyl (C=O) groups is 1. The number of cyclic esters (lactones) is 2. The van der Waals surface area contributed by atoms with Crippen molar-refractivity contribution in [2.45, 2.75) is 18.8 Å². The Morgan fingerprint density at radius 1 is 1.41 bits per heavy atom. The lowest BCUT2D eigenvalue weighted by atomic mass is 10.2. The molecule has 0 aromatic heterocycles. The monoisotopic (exact) mass is 238 g/mol. The first-order chi connectivity index (χ1) is 8.25. The van der Waals surface area contributed by atoms with Crippen LogP contribution < -0.4 is 0 Å². The van der Waals surface area contributed by atoms with Crippen LogP contribution in [0.15, 0.2) is 30.3 Å². The van der Waals surface area contributed by atoms with Gasteiger partial charge < -0.3 is 19.3 Å². The fraction of sp³-hybridized carbons (Fsp3) is 0.417. The highest BCUT2D eigenvalue weighted by molar-refractivity contribution is 5.61. The molecule has 1 aromatic carbocycles. The van der Waals surface area contributed by atoms with Crippen LogP contribution in [0.4, 0.5) is 4.79 Å². The van der Waals surface area contributed by atoms with Gasteiger partial charge in [-0.05, 0) is 5.56 Å². The van der Waals surface area contributed by atoms with Gasteiger partial charge in [0.15, 0.2) is 6.10 Å². The van der Waals surface area contributed by atoms with E-state index in [1.54, 1.807) is 0 Å². The minimum Gasteiger partial charge on any atom is -0.430 e. The first kappa shape index (κ1) is 11.9. The molecule has 1 fully saturated rings.